The number of benzene rings is 2. The van der Waals surface area contributed by atoms with Crippen LogP contribution in [0.3, 0.4) is 0 Å². The third-order valence-corrected chi connectivity index (χ3v) is 7.60. The maximum Gasteiger partial charge on any atom is 0.416 e. The van der Waals surface area contributed by atoms with Crippen LogP contribution in [0.5, 0.6) is 0 Å². The van der Waals surface area contributed by atoms with Crippen LogP contribution in [-0.2, 0) is 32.0 Å². The highest BCUT2D eigenvalue weighted by atomic mass is 16.6. The van der Waals surface area contributed by atoms with Crippen LogP contribution in [0.1, 0.15) is 52.2 Å². The second kappa shape index (κ2) is 13.0. The van der Waals surface area contributed by atoms with Crippen molar-refractivity contribution in [1.82, 2.24) is 9.80 Å². The molecule has 9 heteroatoms. The fraction of sp³-hybridized carbons (Fsp3) is 0.531. The lowest BCUT2D eigenvalue weighted by atomic mass is 9.87. The van der Waals surface area contributed by atoms with E-state index in [1.54, 1.807) is 20.8 Å². The van der Waals surface area contributed by atoms with Gasteiger partial charge in [0.15, 0.2) is 0 Å². The van der Waals surface area contributed by atoms with Crippen molar-refractivity contribution in [3.8, 4) is 0 Å². The molecule has 0 bridgehead atoms. The van der Waals surface area contributed by atoms with Crippen molar-refractivity contribution in [2.75, 3.05) is 13.2 Å². The number of likely N-dealkylation sites (tertiary alicyclic amines) is 1. The van der Waals surface area contributed by atoms with E-state index in [1.807, 2.05) is 74.5 Å². The zero-order valence-electron chi connectivity index (χ0n) is 24.6. The normalized spacial score (nSPS) is 22.5. The predicted molar refractivity (Wildman–Crippen MR) is 153 cm³/mol. The van der Waals surface area contributed by atoms with E-state index < -0.39 is 47.8 Å². The van der Waals surface area contributed by atoms with E-state index in [1.165, 1.54) is 4.90 Å². The van der Waals surface area contributed by atoms with E-state index in [4.69, 9.17) is 14.2 Å². The molecule has 1 N–H and O–H groups in total. The second-order valence-electron chi connectivity index (χ2n) is 12.2. The number of rotatable bonds is 9. The van der Waals surface area contributed by atoms with Crippen LogP contribution < -0.4 is 0 Å². The first-order valence-corrected chi connectivity index (χ1v) is 14.3. The zero-order chi connectivity index (χ0) is 29.7. The summed E-state index contributed by atoms with van der Waals surface area (Å²) in [5.74, 6) is -1.55. The van der Waals surface area contributed by atoms with E-state index in [2.05, 4.69) is 0 Å². The molecule has 2 unspecified atom stereocenters. The van der Waals surface area contributed by atoms with Crippen LogP contribution in [0.25, 0.3) is 0 Å². The zero-order valence-corrected chi connectivity index (χ0v) is 24.6. The van der Waals surface area contributed by atoms with Crippen LogP contribution in [0, 0.1) is 11.8 Å². The Kier molecular flexibility index (Phi) is 9.71. The molecule has 0 spiro atoms. The predicted octanol–water partition coefficient (Wildman–Crippen LogP) is 4.80. The van der Waals surface area contributed by atoms with Crippen molar-refractivity contribution in [2.45, 2.75) is 84.0 Å². The third kappa shape index (κ3) is 7.65. The average Bonchev–Trinajstić information content (AvgIpc) is 3.54. The minimum Gasteiger partial charge on any atom is -0.447 e. The largest absolute Gasteiger partial charge is 0.447 e. The van der Waals surface area contributed by atoms with Crippen molar-refractivity contribution in [2.24, 2.45) is 11.8 Å². The van der Waals surface area contributed by atoms with Crippen LogP contribution in [-0.4, -0.2) is 76.0 Å². The number of aliphatic hydroxyl groups excluding tert-OH is 1. The number of carbonyl (C=O) groups is 3. The van der Waals surface area contributed by atoms with Gasteiger partial charge in [0, 0.05) is 0 Å². The number of hydrogen-bond acceptors (Lipinski definition) is 7. The lowest BCUT2D eigenvalue weighted by Gasteiger charge is -2.35. The maximum absolute atomic E-state index is 14.1. The summed E-state index contributed by atoms with van der Waals surface area (Å²) < 4.78 is 17.1. The average molecular weight is 567 g/mol. The van der Waals surface area contributed by atoms with E-state index in [-0.39, 0.29) is 31.6 Å². The fourth-order valence-corrected chi connectivity index (χ4v) is 5.44. The third-order valence-electron chi connectivity index (χ3n) is 7.60. The smallest absolute Gasteiger partial charge is 0.416 e. The topological polar surface area (TPSA) is 106 Å². The van der Waals surface area contributed by atoms with Crippen molar-refractivity contribution >= 4 is 18.1 Å². The monoisotopic (exact) mass is 566 g/mol. The number of amides is 3. The molecule has 2 aromatic rings. The summed E-state index contributed by atoms with van der Waals surface area (Å²) in [5, 5.41) is 11.9. The number of aliphatic hydroxyl groups is 1. The van der Waals surface area contributed by atoms with Crippen LogP contribution in [0.15, 0.2) is 60.7 Å². The van der Waals surface area contributed by atoms with Crippen molar-refractivity contribution in [3.63, 3.8) is 0 Å². The Labute approximate surface area is 242 Å². The van der Waals surface area contributed by atoms with Gasteiger partial charge in [-0.3, -0.25) is 9.69 Å². The number of cyclic esters (lactones) is 1. The minimum atomic E-state index is -1.29. The van der Waals surface area contributed by atoms with E-state index in [0.717, 1.165) is 16.0 Å². The molecular weight excluding hydrogens is 524 g/mol. The van der Waals surface area contributed by atoms with E-state index in [9.17, 15) is 19.5 Å². The molecule has 2 heterocycles. The summed E-state index contributed by atoms with van der Waals surface area (Å²) in [4.78, 5) is 42.8. The van der Waals surface area contributed by atoms with E-state index in [0.29, 0.717) is 13.0 Å². The van der Waals surface area contributed by atoms with Gasteiger partial charge in [-0.25, -0.2) is 14.5 Å². The maximum atomic E-state index is 14.1. The van der Waals surface area contributed by atoms with Crippen molar-refractivity contribution in [1.29, 1.82) is 0 Å². The van der Waals surface area contributed by atoms with Gasteiger partial charge in [-0.1, -0.05) is 74.5 Å². The molecule has 2 saturated heterocycles. The van der Waals surface area contributed by atoms with Gasteiger partial charge in [-0.2, -0.15) is 0 Å². The molecule has 0 aliphatic carbocycles. The molecular formula is C32H42N2O7. The lowest BCUT2D eigenvalue weighted by molar-refractivity contribution is -0.139. The Hall–Kier alpha value is -3.43. The van der Waals surface area contributed by atoms with Crippen LogP contribution in [0.2, 0.25) is 0 Å². The van der Waals surface area contributed by atoms with Gasteiger partial charge in [-0.15, -0.1) is 0 Å². The standard InChI is InChI=1S/C32H42N2O7/c1-21(2)27-20-40-31(38)34(27)29(36)25(16-22-12-8-6-9-13-22)28(35)26-17-24(39-19-23-14-10-7-11-15-23)18-33(26)30(37)41-32(3,4)5/h6-15,21,24-28,35H,16-20H2,1-5H3/t24?,25-,26?,27+,28-/m0/s1. The minimum absolute atomic E-state index is 0.0274. The summed E-state index contributed by atoms with van der Waals surface area (Å²) in [6.07, 6.45) is -2.47. The highest BCUT2D eigenvalue weighted by Crippen LogP contribution is 2.32. The molecule has 9 nitrogen and oxygen atoms in total. The Morgan fingerprint density at radius 3 is 2.20 bits per heavy atom. The fourth-order valence-electron chi connectivity index (χ4n) is 5.44. The van der Waals surface area contributed by atoms with Crippen LogP contribution in [0.4, 0.5) is 9.59 Å². The van der Waals surface area contributed by atoms with Gasteiger partial charge < -0.3 is 19.3 Å². The molecule has 5 atom stereocenters. The van der Waals surface area contributed by atoms with E-state index >= 15 is 0 Å². The first-order chi connectivity index (χ1) is 19.4. The summed E-state index contributed by atoms with van der Waals surface area (Å²) >= 11 is 0. The van der Waals surface area contributed by atoms with Gasteiger partial charge in [-0.05, 0) is 50.7 Å². The molecule has 0 aromatic heterocycles. The summed E-state index contributed by atoms with van der Waals surface area (Å²) in [6.45, 7) is 9.85. The van der Waals surface area contributed by atoms with Gasteiger partial charge >= 0.3 is 12.2 Å². The Morgan fingerprint density at radius 2 is 1.61 bits per heavy atom. The molecule has 4 rings (SSSR count). The Balaban J connectivity index is 1.62. The Bertz CT molecular complexity index is 1180. The molecule has 2 aliphatic heterocycles. The molecule has 2 aromatic carbocycles. The molecule has 2 aliphatic rings. The van der Waals surface area contributed by atoms with Crippen LogP contribution >= 0.6 is 0 Å². The molecule has 222 valence electrons. The van der Waals surface area contributed by atoms with Gasteiger partial charge in [0.1, 0.15) is 12.2 Å². The second-order valence-corrected chi connectivity index (χ2v) is 12.2. The van der Waals surface area contributed by atoms with Gasteiger partial charge in [0.25, 0.3) is 0 Å². The molecule has 0 radical (unpaired) electrons. The first kappa shape index (κ1) is 30.5. The molecule has 2 fully saturated rings. The van der Waals surface area contributed by atoms with Gasteiger partial charge in [0.05, 0.1) is 43.4 Å². The number of carbonyl (C=O) groups excluding carboxylic acids is 3. The highest BCUT2D eigenvalue weighted by molar-refractivity contribution is 5.95. The first-order valence-electron chi connectivity index (χ1n) is 14.3. The molecule has 41 heavy (non-hydrogen) atoms. The number of hydrogen-bond donors (Lipinski definition) is 1. The van der Waals surface area contributed by atoms with Gasteiger partial charge in [0.2, 0.25) is 5.91 Å². The Morgan fingerprint density at radius 1 is 1.00 bits per heavy atom. The number of ether oxygens (including phenoxy) is 3. The highest BCUT2D eigenvalue weighted by Gasteiger charge is 2.49. The van der Waals surface area contributed by atoms with Crippen molar-refractivity contribution < 1.29 is 33.7 Å². The summed E-state index contributed by atoms with van der Waals surface area (Å²) in [5.41, 5.74) is 1.07. The summed E-state index contributed by atoms with van der Waals surface area (Å²) in [7, 11) is 0. The lowest BCUT2D eigenvalue weighted by Crippen LogP contribution is -2.53. The summed E-state index contributed by atoms with van der Waals surface area (Å²) in [6, 6.07) is 17.9. The number of nitrogens with zero attached hydrogens (tertiary/aromatic N) is 2. The SMILES string of the molecule is CC(C)[C@H]1COC(=O)N1C(=O)[C@@H](Cc1ccccc1)[C@H](O)C1CC(OCc2ccccc2)CN1C(=O)OC(C)(C)C. The van der Waals surface area contributed by atoms with Crippen molar-refractivity contribution in [3.05, 3.63) is 71.8 Å². The molecule has 0 saturated carbocycles. The molecule has 3 amide bonds. The number of imide groups is 1. The quantitative estimate of drug-likeness (QED) is 0.465.